The van der Waals surface area contributed by atoms with Crippen LogP contribution in [0.25, 0.3) is 0 Å². The lowest BCUT2D eigenvalue weighted by Crippen LogP contribution is -2.41. The number of amides is 2. The van der Waals surface area contributed by atoms with Crippen LogP contribution >= 0.6 is 11.3 Å². The number of hydrogen-bond acceptors (Lipinski definition) is 3. The molecule has 5 heteroatoms. The quantitative estimate of drug-likeness (QED) is 0.877. The Kier molecular flexibility index (Phi) is 5.65. The van der Waals surface area contributed by atoms with Crippen LogP contribution in [0.3, 0.4) is 0 Å². The number of likely N-dealkylation sites (tertiary alicyclic amines) is 1. The number of aliphatic hydroxyl groups excluding tert-OH is 1. The third-order valence-electron chi connectivity index (χ3n) is 4.09. The first-order valence-electron chi connectivity index (χ1n) is 7.74. The van der Waals surface area contributed by atoms with Gasteiger partial charge < -0.3 is 15.3 Å². The van der Waals surface area contributed by atoms with Gasteiger partial charge in [-0.2, -0.15) is 0 Å². The molecule has 0 aliphatic carbocycles. The van der Waals surface area contributed by atoms with Crippen molar-refractivity contribution >= 4 is 17.4 Å². The molecule has 118 valence electrons. The van der Waals surface area contributed by atoms with Crippen molar-refractivity contribution in [2.75, 3.05) is 13.1 Å². The Labute approximate surface area is 131 Å². The van der Waals surface area contributed by atoms with Crippen molar-refractivity contribution in [3.63, 3.8) is 0 Å². The van der Waals surface area contributed by atoms with Crippen molar-refractivity contribution in [3.05, 3.63) is 22.4 Å². The van der Waals surface area contributed by atoms with Gasteiger partial charge in [0.2, 0.25) is 0 Å². The van der Waals surface area contributed by atoms with Crippen LogP contribution in [0.1, 0.15) is 44.5 Å². The number of nitrogens with zero attached hydrogens (tertiary/aromatic N) is 1. The minimum Gasteiger partial charge on any atom is -0.393 e. The molecule has 0 saturated carbocycles. The SMILES string of the molecule is CC(C)C[C@H](NC(=O)N1CC[C@@H]([C@@H](C)O)C1)c1cccs1. The third-order valence-corrected chi connectivity index (χ3v) is 5.07. The molecule has 0 unspecified atom stereocenters. The largest absolute Gasteiger partial charge is 0.393 e. The van der Waals surface area contributed by atoms with Crippen LogP contribution in [0.5, 0.6) is 0 Å². The highest BCUT2D eigenvalue weighted by Crippen LogP contribution is 2.26. The molecule has 1 fully saturated rings. The molecule has 2 N–H and O–H groups in total. The Morgan fingerprint density at radius 3 is 2.81 bits per heavy atom. The van der Waals surface area contributed by atoms with Gasteiger partial charge in [-0.3, -0.25) is 0 Å². The van der Waals surface area contributed by atoms with Crippen molar-refractivity contribution in [1.29, 1.82) is 0 Å². The minimum absolute atomic E-state index is 0.00259. The van der Waals surface area contributed by atoms with E-state index in [0.29, 0.717) is 12.5 Å². The van der Waals surface area contributed by atoms with Gasteiger partial charge in [-0.1, -0.05) is 19.9 Å². The molecule has 21 heavy (non-hydrogen) atoms. The smallest absolute Gasteiger partial charge is 0.317 e. The van der Waals surface area contributed by atoms with Crippen molar-refractivity contribution in [2.24, 2.45) is 11.8 Å². The summed E-state index contributed by atoms with van der Waals surface area (Å²) in [6.45, 7) is 7.54. The molecule has 4 nitrogen and oxygen atoms in total. The molecular formula is C16H26N2O2S. The van der Waals surface area contributed by atoms with E-state index in [4.69, 9.17) is 0 Å². The molecule has 0 aromatic carbocycles. The van der Waals surface area contributed by atoms with E-state index in [1.807, 2.05) is 16.3 Å². The van der Waals surface area contributed by atoms with E-state index >= 15 is 0 Å². The normalized spacial score (nSPS) is 21.6. The average molecular weight is 310 g/mol. The van der Waals surface area contributed by atoms with Crippen LogP contribution in [-0.2, 0) is 0 Å². The lowest BCUT2D eigenvalue weighted by molar-refractivity contribution is 0.129. The van der Waals surface area contributed by atoms with E-state index < -0.39 is 0 Å². The molecular weight excluding hydrogens is 284 g/mol. The number of urea groups is 1. The standard InChI is InChI=1S/C16H26N2O2S/c1-11(2)9-14(15-5-4-8-21-15)17-16(20)18-7-6-13(10-18)12(3)19/h4-5,8,11-14,19H,6-7,9-10H2,1-3H3,(H,17,20)/t12-,13-,14+/m1/s1. The van der Waals surface area contributed by atoms with E-state index in [2.05, 4.69) is 25.2 Å². The Hall–Kier alpha value is -1.07. The van der Waals surface area contributed by atoms with E-state index in [0.717, 1.165) is 19.4 Å². The van der Waals surface area contributed by atoms with Gasteiger partial charge in [-0.05, 0) is 37.1 Å². The zero-order chi connectivity index (χ0) is 15.4. The highest BCUT2D eigenvalue weighted by atomic mass is 32.1. The molecule has 3 atom stereocenters. The second kappa shape index (κ2) is 7.27. The van der Waals surface area contributed by atoms with Gasteiger partial charge in [0, 0.05) is 23.9 Å². The lowest BCUT2D eigenvalue weighted by atomic mass is 10.0. The molecule has 0 radical (unpaired) electrons. The first-order valence-corrected chi connectivity index (χ1v) is 8.62. The van der Waals surface area contributed by atoms with Crippen molar-refractivity contribution < 1.29 is 9.90 Å². The van der Waals surface area contributed by atoms with Crippen LogP contribution in [0.2, 0.25) is 0 Å². The number of hydrogen-bond donors (Lipinski definition) is 2. The summed E-state index contributed by atoms with van der Waals surface area (Å²) in [5.74, 6) is 0.738. The van der Waals surface area contributed by atoms with E-state index in [-0.39, 0.29) is 24.1 Å². The maximum absolute atomic E-state index is 12.4. The zero-order valence-electron chi connectivity index (χ0n) is 13.1. The first kappa shape index (κ1) is 16.3. The first-order chi connectivity index (χ1) is 9.97. The van der Waals surface area contributed by atoms with Crippen LogP contribution < -0.4 is 5.32 Å². The Morgan fingerprint density at radius 2 is 2.29 bits per heavy atom. The topological polar surface area (TPSA) is 52.6 Å². The third kappa shape index (κ3) is 4.45. The predicted octanol–water partition coefficient (Wildman–Crippen LogP) is 3.25. The summed E-state index contributed by atoms with van der Waals surface area (Å²) in [7, 11) is 0. The number of aliphatic hydroxyl groups is 1. The Bertz CT molecular complexity index is 445. The number of thiophene rings is 1. The van der Waals surface area contributed by atoms with Gasteiger partial charge in [0.25, 0.3) is 0 Å². The van der Waals surface area contributed by atoms with Gasteiger partial charge in [0.15, 0.2) is 0 Å². The fourth-order valence-electron chi connectivity index (χ4n) is 2.81. The van der Waals surface area contributed by atoms with E-state index in [1.54, 1.807) is 18.3 Å². The number of rotatable bonds is 5. The lowest BCUT2D eigenvalue weighted by Gasteiger charge is -2.24. The van der Waals surface area contributed by atoms with E-state index in [9.17, 15) is 9.90 Å². The highest BCUT2D eigenvalue weighted by molar-refractivity contribution is 7.10. The Morgan fingerprint density at radius 1 is 1.52 bits per heavy atom. The molecule has 1 aromatic heterocycles. The molecule has 2 rings (SSSR count). The molecule has 0 bridgehead atoms. The van der Waals surface area contributed by atoms with E-state index in [1.165, 1.54) is 4.88 Å². The van der Waals surface area contributed by atoms with Gasteiger partial charge in [0.1, 0.15) is 0 Å². The van der Waals surface area contributed by atoms with Crippen LogP contribution in [-0.4, -0.2) is 35.2 Å². The zero-order valence-corrected chi connectivity index (χ0v) is 13.9. The van der Waals surface area contributed by atoms with Crippen LogP contribution in [0.4, 0.5) is 4.79 Å². The predicted molar refractivity (Wildman–Crippen MR) is 86.4 cm³/mol. The second-order valence-electron chi connectivity index (χ2n) is 6.38. The molecule has 2 amide bonds. The number of carbonyl (C=O) groups excluding carboxylic acids is 1. The summed E-state index contributed by atoms with van der Waals surface area (Å²) in [6, 6.07) is 4.19. The Balaban J connectivity index is 1.95. The fourth-order valence-corrected chi connectivity index (χ4v) is 3.60. The second-order valence-corrected chi connectivity index (χ2v) is 7.36. The van der Waals surface area contributed by atoms with Crippen LogP contribution in [0.15, 0.2) is 17.5 Å². The van der Waals surface area contributed by atoms with Gasteiger partial charge in [-0.25, -0.2) is 4.79 Å². The van der Waals surface area contributed by atoms with Crippen LogP contribution in [0, 0.1) is 11.8 Å². The van der Waals surface area contributed by atoms with Crippen molar-refractivity contribution in [3.8, 4) is 0 Å². The summed E-state index contributed by atoms with van der Waals surface area (Å²) in [5, 5.41) is 14.9. The average Bonchev–Trinajstić information content (AvgIpc) is 3.09. The fraction of sp³-hybridized carbons (Fsp3) is 0.688. The molecule has 2 heterocycles. The summed E-state index contributed by atoms with van der Waals surface area (Å²) < 4.78 is 0. The van der Waals surface area contributed by atoms with Crippen molar-refractivity contribution in [2.45, 2.75) is 45.8 Å². The summed E-state index contributed by atoms with van der Waals surface area (Å²) in [5.41, 5.74) is 0. The van der Waals surface area contributed by atoms with Crippen molar-refractivity contribution in [1.82, 2.24) is 10.2 Å². The minimum atomic E-state index is -0.341. The summed E-state index contributed by atoms with van der Waals surface area (Å²) in [4.78, 5) is 15.5. The maximum Gasteiger partial charge on any atom is 0.317 e. The maximum atomic E-state index is 12.4. The summed E-state index contributed by atoms with van der Waals surface area (Å²) >= 11 is 1.69. The number of carbonyl (C=O) groups is 1. The van der Waals surface area contributed by atoms with Gasteiger partial charge in [-0.15, -0.1) is 11.3 Å². The van der Waals surface area contributed by atoms with Gasteiger partial charge >= 0.3 is 6.03 Å². The molecule has 1 aliphatic heterocycles. The monoisotopic (exact) mass is 310 g/mol. The number of nitrogens with one attached hydrogen (secondary N) is 1. The summed E-state index contributed by atoms with van der Waals surface area (Å²) in [6.07, 6.45) is 1.49. The molecule has 1 saturated heterocycles. The molecule has 1 aromatic rings. The molecule has 1 aliphatic rings. The highest BCUT2D eigenvalue weighted by Gasteiger charge is 2.30. The molecule has 0 spiro atoms. The van der Waals surface area contributed by atoms with Gasteiger partial charge in [0.05, 0.1) is 12.1 Å².